The Balaban J connectivity index is 1.88. The van der Waals surface area contributed by atoms with Gasteiger partial charge in [-0.15, -0.1) is 0 Å². The van der Waals surface area contributed by atoms with Crippen LogP contribution >= 0.6 is 0 Å². The average molecular weight is 313 g/mol. The second-order valence-corrected chi connectivity index (χ2v) is 4.93. The number of nitrogens with one attached hydrogen (secondary N) is 2. The van der Waals surface area contributed by atoms with E-state index in [1.807, 2.05) is 24.3 Å². The van der Waals surface area contributed by atoms with Gasteiger partial charge in [-0.2, -0.15) is 0 Å². The highest BCUT2D eigenvalue weighted by Crippen LogP contribution is 2.20. The van der Waals surface area contributed by atoms with Crippen LogP contribution in [0.2, 0.25) is 0 Å². The molecule has 2 heterocycles. The molecule has 2 aromatic heterocycles. The Morgan fingerprint density at radius 3 is 2.83 bits per heavy atom. The lowest BCUT2D eigenvalue weighted by atomic mass is 10.1. The molecule has 1 atom stereocenters. The van der Waals surface area contributed by atoms with Crippen molar-refractivity contribution in [3.8, 4) is 5.75 Å². The molecular weight excluding hydrogens is 298 g/mol. The van der Waals surface area contributed by atoms with E-state index in [0.29, 0.717) is 23.4 Å². The first-order valence-electron chi connectivity index (χ1n) is 6.93. The van der Waals surface area contributed by atoms with Gasteiger partial charge < -0.3 is 20.1 Å². The Morgan fingerprint density at radius 2 is 2.17 bits per heavy atom. The molecule has 118 valence electrons. The van der Waals surface area contributed by atoms with E-state index >= 15 is 0 Å². The molecule has 0 aliphatic heterocycles. The van der Waals surface area contributed by atoms with Gasteiger partial charge >= 0.3 is 6.09 Å². The lowest BCUT2D eigenvalue weighted by molar-refractivity contribution is 0.189. The normalized spacial score (nSPS) is 12.0. The maximum absolute atomic E-state index is 11.1. The van der Waals surface area contributed by atoms with Gasteiger partial charge in [0, 0.05) is 6.42 Å². The van der Waals surface area contributed by atoms with E-state index in [9.17, 15) is 4.79 Å². The van der Waals surface area contributed by atoms with Gasteiger partial charge in [-0.05, 0) is 17.7 Å². The number of methoxy groups -OCH3 is 1. The number of carbonyl (C=O) groups is 1. The van der Waals surface area contributed by atoms with Crippen molar-refractivity contribution in [2.75, 3.05) is 7.11 Å². The molecule has 0 aliphatic rings. The zero-order valence-electron chi connectivity index (χ0n) is 12.4. The molecule has 0 spiro atoms. The predicted octanol–water partition coefficient (Wildman–Crippen LogP) is 1.91. The first kappa shape index (κ1) is 14.8. The van der Waals surface area contributed by atoms with Crippen molar-refractivity contribution in [2.24, 2.45) is 0 Å². The fraction of sp³-hybridized carbons (Fsp3) is 0.200. The highest BCUT2D eigenvalue weighted by Gasteiger charge is 2.19. The summed E-state index contributed by atoms with van der Waals surface area (Å²) in [6.45, 7) is 0. The van der Waals surface area contributed by atoms with Gasteiger partial charge in [0.25, 0.3) is 0 Å². The third-order valence-corrected chi connectivity index (χ3v) is 3.41. The first-order valence-corrected chi connectivity index (χ1v) is 6.93. The van der Waals surface area contributed by atoms with Crippen LogP contribution in [0, 0.1) is 0 Å². The zero-order valence-corrected chi connectivity index (χ0v) is 12.4. The molecule has 0 radical (unpaired) electrons. The number of benzene rings is 1. The summed E-state index contributed by atoms with van der Waals surface area (Å²) >= 11 is 0. The number of ether oxygens (including phenoxy) is 1. The van der Waals surface area contributed by atoms with Gasteiger partial charge in [0.1, 0.15) is 23.4 Å². The van der Waals surface area contributed by atoms with Crippen LogP contribution in [0.3, 0.4) is 0 Å². The van der Waals surface area contributed by atoms with Crippen LogP contribution in [0.1, 0.15) is 17.4 Å². The molecule has 0 saturated heterocycles. The molecule has 3 aromatic rings. The Hall–Kier alpha value is -3.16. The molecule has 1 aromatic carbocycles. The smallest absolute Gasteiger partial charge is 0.405 e. The number of fused-ring (bicyclic) bond motifs is 1. The number of aromatic nitrogens is 4. The van der Waals surface area contributed by atoms with Crippen molar-refractivity contribution in [2.45, 2.75) is 12.5 Å². The molecule has 0 fully saturated rings. The van der Waals surface area contributed by atoms with E-state index in [2.05, 4.69) is 25.3 Å². The summed E-state index contributed by atoms with van der Waals surface area (Å²) in [5.74, 6) is 1.24. The van der Waals surface area contributed by atoms with Crippen LogP contribution in [-0.2, 0) is 6.42 Å². The molecule has 3 rings (SSSR count). The van der Waals surface area contributed by atoms with Crippen molar-refractivity contribution < 1.29 is 14.6 Å². The molecule has 0 bridgehead atoms. The van der Waals surface area contributed by atoms with Crippen LogP contribution < -0.4 is 10.1 Å². The van der Waals surface area contributed by atoms with Crippen molar-refractivity contribution >= 4 is 17.3 Å². The summed E-state index contributed by atoms with van der Waals surface area (Å²) in [5.41, 5.74) is 2.12. The predicted molar refractivity (Wildman–Crippen MR) is 82.3 cm³/mol. The third-order valence-electron chi connectivity index (χ3n) is 3.41. The Morgan fingerprint density at radius 1 is 1.39 bits per heavy atom. The van der Waals surface area contributed by atoms with Crippen LogP contribution in [0.4, 0.5) is 4.79 Å². The zero-order chi connectivity index (χ0) is 16.2. The summed E-state index contributed by atoms with van der Waals surface area (Å²) in [6, 6.07) is 6.92. The largest absolute Gasteiger partial charge is 0.497 e. The van der Waals surface area contributed by atoms with E-state index in [1.165, 1.54) is 6.33 Å². The van der Waals surface area contributed by atoms with Crippen LogP contribution in [0.5, 0.6) is 5.75 Å². The second kappa shape index (κ2) is 6.30. The molecule has 3 N–H and O–H groups in total. The summed E-state index contributed by atoms with van der Waals surface area (Å²) < 4.78 is 5.12. The minimum Gasteiger partial charge on any atom is -0.497 e. The number of rotatable bonds is 5. The number of hydrogen-bond donors (Lipinski definition) is 3. The van der Waals surface area contributed by atoms with E-state index in [1.54, 1.807) is 13.3 Å². The summed E-state index contributed by atoms with van der Waals surface area (Å²) in [4.78, 5) is 26.5. The minimum absolute atomic E-state index is 0.448. The number of carboxylic acid groups (broad SMARTS) is 1. The summed E-state index contributed by atoms with van der Waals surface area (Å²) in [7, 11) is 1.60. The van der Waals surface area contributed by atoms with Gasteiger partial charge in [0.2, 0.25) is 0 Å². The highest BCUT2D eigenvalue weighted by atomic mass is 16.5. The van der Waals surface area contributed by atoms with Gasteiger partial charge in [-0.1, -0.05) is 12.1 Å². The van der Waals surface area contributed by atoms with Crippen LogP contribution in [-0.4, -0.2) is 38.2 Å². The van der Waals surface area contributed by atoms with Crippen molar-refractivity contribution in [3.05, 3.63) is 48.2 Å². The van der Waals surface area contributed by atoms with Crippen molar-refractivity contribution in [1.29, 1.82) is 0 Å². The third kappa shape index (κ3) is 3.37. The first-order chi connectivity index (χ1) is 11.2. The SMILES string of the molecule is COc1ccc(CC(NC(=O)O)c2nc3cncnc3[nH]2)cc1. The topological polar surface area (TPSA) is 113 Å². The van der Waals surface area contributed by atoms with Gasteiger partial charge in [0.05, 0.1) is 19.3 Å². The van der Waals surface area contributed by atoms with E-state index in [4.69, 9.17) is 9.84 Å². The second-order valence-electron chi connectivity index (χ2n) is 4.93. The van der Waals surface area contributed by atoms with Gasteiger partial charge in [-0.3, -0.25) is 0 Å². The number of aromatic amines is 1. The van der Waals surface area contributed by atoms with Gasteiger partial charge in [0.15, 0.2) is 5.65 Å². The fourth-order valence-electron chi connectivity index (χ4n) is 2.31. The van der Waals surface area contributed by atoms with E-state index in [-0.39, 0.29) is 0 Å². The summed E-state index contributed by atoms with van der Waals surface area (Å²) in [5, 5.41) is 11.6. The van der Waals surface area contributed by atoms with E-state index < -0.39 is 12.1 Å². The lowest BCUT2D eigenvalue weighted by Crippen LogP contribution is -2.29. The molecule has 0 aliphatic carbocycles. The standard InChI is InChI=1S/C15H15N5O3/c1-23-10-4-2-9(3-5-10)6-11(19-15(21)22)14-18-12-7-16-8-17-13(12)20-14/h2-5,7-8,11,19H,6H2,1H3,(H,21,22)(H,16,17,18,20). The molecule has 8 heteroatoms. The Bertz CT molecular complexity index is 782. The van der Waals surface area contributed by atoms with Gasteiger partial charge in [-0.25, -0.2) is 19.7 Å². The molecule has 8 nitrogen and oxygen atoms in total. The molecule has 0 saturated carbocycles. The molecule has 1 amide bonds. The minimum atomic E-state index is -1.12. The number of amides is 1. The molecular formula is C15H15N5O3. The van der Waals surface area contributed by atoms with Crippen LogP contribution in [0.15, 0.2) is 36.8 Å². The number of hydrogen-bond acceptors (Lipinski definition) is 5. The number of imidazole rings is 1. The maximum Gasteiger partial charge on any atom is 0.405 e. The quantitative estimate of drug-likeness (QED) is 0.663. The van der Waals surface area contributed by atoms with Crippen LogP contribution in [0.25, 0.3) is 11.2 Å². The van der Waals surface area contributed by atoms with Crippen molar-refractivity contribution in [3.63, 3.8) is 0 Å². The lowest BCUT2D eigenvalue weighted by Gasteiger charge is -2.14. The maximum atomic E-state index is 11.1. The average Bonchev–Trinajstić information content (AvgIpc) is 2.98. The molecule has 23 heavy (non-hydrogen) atoms. The number of nitrogens with zero attached hydrogens (tertiary/aromatic N) is 3. The fourth-order valence-corrected chi connectivity index (χ4v) is 2.31. The highest BCUT2D eigenvalue weighted by molar-refractivity contribution is 5.69. The van der Waals surface area contributed by atoms with Crippen molar-refractivity contribution in [1.82, 2.24) is 25.3 Å². The monoisotopic (exact) mass is 313 g/mol. The van der Waals surface area contributed by atoms with E-state index in [0.717, 1.165) is 11.3 Å². The number of H-pyrrole nitrogens is 1. The summed E-state index contributed by atoms with van der Waals surface area (Å²) in [6.07, 6.45) is 2.32. The molecule has 1 unspecified atom stereocenters. The Labute approximate surface area is 131 Å². The Kier molecular flexibility index (Phi) is 4.05.